The minimum absolute atomic E-state index is 0.0637. The van der Waals surface area contributed by atoms with Gasteiger partial charge in [0.25, 0.3) is 5.89 Å². The Kier molecular flexibility index (Phi) is 5.69. The SMILES string of the molecule is Cc1ccc(-c2nc(CN3CCC[C@@H](C(=O)Nc4cccc5ccccc45)C3)no2)cc1. The summed E-state index contributed by atoms with van der Waals surface area (Å²) in [5.74, 6) is 1.18. The lowest BCUT2D eigenvalue weighted by atomic mass is 9.96. The number of anilines is 1. The molecule has 0 spiro atoms. The van der Waals surface area contributed by atoms with E-state index in [4.69, 9.17) is 4.52 Å². The molecule has 3 aromatic carbocycles. The third kappa shape index (κ3) is 4.41. The van der Waals surface area contributed by atoms with Crippen LogP contribution < -0.4 is 5.32 Å². The van der Waals surface area contributed by atoms with Crippen LogP contribution in [0.4, 0.5) is 5.69 Å². The molecule has 1 aliphatic heterocycles. The van der Waals surface area contributed by atoms with Gasteiger partial charge in [0.05, 0.1) is 12.5 Å². The van der Waals surface area contributed by atoms with Crippen LogP contribution in [-0.2, 0) is 11.3 Å². The van der Waals surface area contributed by atoms with E-state index in [0.29, 0.717) is 24.8 Å². The Morgan fingerprint density at radius 1 is 1.09 bits per heavy atom. The highest BCUT2D eigenvalue weighted by Crippen LogP contribution is 2.26. The minimum atomic E-state index is -0.0637. The molecule has 6 heteroatoms. The van der Waals surface area contributed by atoms with Gasteiger partial charge < -0.3 is 9.84 Å². The number of likely N-dealkylation sites (tertiary alicyclic amines) is 1. The van der Waals surface area contributed by atoms with Crippen molar-refractivity contribution in [2.75, 3.05) is 18.4 Å². The van der Waals surface area contributed by atoms with E-state index in [9.17, 15) is 4.79 Å². The maximum Gasteiger partial charge on any atom is 0.257 e. The van der Waals surface area contributed by atoms with E-state index in [2.05, 4.69) is 32.5 Å². The second-order valence-corrected chi connectivity index (χ2v) is 8.47. The fourth-order valence-electron chi connectivity index (χ4n) is 4.31. The Labute approximate surface area is 187 Å². The van der Waals surface area contributed by atoms with E-state index in [1.54, 1.807) is 0 Å². The Bertz CT molecular complexity index is 1230. The molecule has 1 aliphatic rings. The summed E-state index contributed by atoms with van der Waals surface area (Å²) in [5, 5.41) is 9.49. The van der Waals surface area contributed by atoms with Crippen LogP contribution >= 0.6 is 0 Å². The summed E-state index contributed by atoms with van der Waals surface area (Å²) in [5.41, 5.74) is 2.97. The smallest absolute Gasteiger partial charge is 0.257 e. The molecule has 0 bridgehead atoms. The summed E-state index contributed by atoms with van der Waals surface area (Å²) < 4.78 is 5.46. The monoisotopic (exact) mass is 426 g/mol. The molecule has 1 N–H and O–H groups in total. The number of hydrogen-bond acceptors (Lipinski definition) is 5. The summed E-state index contributed by atoms with van der Waals surface area (Å²) in [6.07, 6.45) is 1.85. The number of rotatable bonds is 5. The lowest BCUT2D eigenvalue weighted by Crippen LogP contribution is -2.40. The number of aryl methyl sites for hydroxylation is 1. The Hall–Kier alpha value is -3.51. The molecule has 0 unspecified atom stereocenters. The van der Waals surface area contributed by atoms with Gasteiger partial charge in [0.2, 0.25) is 5.91 Å². The number of hydrogen-bond donors (Lipinski definition) is 1. The van der Waals surface area contributed by atoms with E-state index >= 15 is 0 Å². The molecule has 0 aliphatic carbocycles. The lowest BCUT2D eigenvalue weighted by molar-refractivity contribution is -0.121. The number of benzene rings is 3. The number of piperidine rings is 1. The molecule has 1 atom stereocenters. The Balaban J connectivity index is 1.23. The van der Waals surface area contributed by atoms with Gasteiger partial charge in [-0.3, -0.25) is 9.69 Å². The number of carbonyl (C=O) groups is 1. The number of nitrogens with one attached hydrogen (secondary N) is 1. The van der Waals surface area contributed by atoms with Crippen LogP contribution in [0, 0.1) is 12.8 Å². The van der Waals surface area contributed by atoms with Gasteiger partial charge in [0, 0.05) is 23.2 Å². The van der Waals surface area contributed by atoms with Crippen molar-refractivity contribution in [2.45, 2.75) is 26.3 Å². The summed E-state index contributed by atoms with van der Waals surface area (Å²) in [4.78, 5) is 19.8. The van der Waals surface area contributed by atoms with Crippen molar-refractivity contribution >= 4 is 22.4 Å². The van der Waals surface area contributed by atoms with Gasteiger partial charge in [-0.15, -0.1) is 0 Å². The van der Waals surface area contributed by atoms with E-state index < -0.39 is 0 Å². The second kappa shape index (κ2) is 8.93. The first-order chi connectivity index (χ1) is 15.7. The van der Waals surface area contributed by atoms with Gasteiger partial charge in [-0.05, 0) is 49.9 Å². The van der Waals surface area contributed by atoms with Crippen molar-refractivity contribution in [1.82, 2.24) is 15.0 Å². The summed E-state index contributed by atoms with van der Waals surface area (Å²) in [6, 6.07) is 22.1. The van der Waals surface area contributed by atoms with E-state index in [-0.39, 0.29) is 11.8 Å². The number of fused-ring (bicyclic) bond motifs is 1. The average molecular weight is 427 g/mol. The first kappa shape index (κ1) is 20.4. The predicted octanol–water partition coefficient (Wildman–Crippen LogP) is 5.05. The normalized spacial score (nSPS) is 16.8. The van der Waals surface area contributed by atoms with Crippen LogP contribution in [0.3, 0.4) is 0 Å². The van der Waals surface area contributed by atoms with Gasteiger partial charge in [-0.2, -0.15) is 4.98 Å². The number of amides is 1. The fraction of sp³-hybridized carbons (Fsp3) is 0.269. The van der Waals surface area contributed by atoms with E-state index in [1.165, 1.54) is 5.56 Å². The first-order valence-corrected chi connectivity index (χ1v) is 11.1. The highest BCUT2D eigenvalue weighted by molar-refractivity contribution is 6.02. The number of nitrogens with zero attached hydrogens (tertiary/aromatic N) is 3. The van der Waals surface area contributed by atoms with Crippen LogP contribution in [0.2, 0.25) is 0 Å². The molecule has 1 fully saturated rings. The highest BCUT2D eigenvalue weighted by atomic mass is 16.5. The fourth-order valence-corrected chi connectivity index (χ4v) is 4.31. The second-order valence-electron chi connectivity index (χ2n) is 8.47. The summed E-state index contributed by atoms with van der Waals surface area (Å²) >= 11 is 0. The van der Waals surface area contributed by atoms with Crippen molar-refractivity contribution in [3.05, 3.63) is 78.1 Å². The number of aromatic nitrogens is 2. The lowest BCUT2D eigenvalue weighted by Gasteiger charge is -2.31. The Morgan fingerprint density at radius 2 is 1.91 bits per heavy atom. The molecule has 5 rings (SSSR count). The quantitative estimate of drug-likeness (QED) is 0.484. The van der Waals surface area contributed by atoms with Gasteiger partial charge in [0.15, 0.2) is 5.82 Å². The third-order valence-corrected chi connectivity index (χ3v) is 6.06. The van der Waals surface area contributed by atoms with Crippen molar-refractivity contribution in [3.63, 3.8) is 0 Å². The molecular weight excluding hydrogens is 400 g/mol. The zero-order valence-electron chi connectivity index (χ0n) is 18.1. The van der Waals surface area contributed by atoms with Crippen molar-refractivity contribution in [2.24, 2.45) is 5.92 Å². The van der Waals surface area contributed by atoms with Crippen molar-refractivity contribution in [1.29, 1.82) is 0 Å². The molecule has 162 valence electrons. The van der Waals surface area contributed by atoms with Crippen LogP contribution in [0.15, 0.2) is 71.3 Å². The zero-order chi connectivity index (χ0) is 21.9. The van der Waals surface area contributed by atoms with Gasteiger partial charge >= 0.3 is 0 Å². The van der Waals surface area contributed by atoms with Crippen molar-refractivity contribution in [3.8, 4) is 11.5 Å². The molecule has 1 saturated heterocycles. The molecule has 0 radical (unpaired) electrons. The Morgan fingerprint density at radius 3 is 2.78 bits per heavy atom. The van der Waals surface area contributed by atoms with E-state index in [1.807, 2.05) is 61.5 Å². The third-order valence-electron chi connectivity index (χ3n) is 6.06. The number of carbonyl (C=O) groups excluding carboxylic acids is 1. The zero-order valence-corrected chi connectivity index (χ0v) is 18.1. The molecule has 4 aromatic rings. The maximum atomic E-state index is 13.0. The molecule has 2 heterocycles. The molecular formula is C26H26N4O2. The van der Waals surface area contributed by atoms with Crippen molar-refractivity contribution < 1.29 is 9.32 Å². The molecule has 1 aromatic heterocycles. The topological polar surface area (TPSA) is 71.3 Å². The van der Waals surface area contributed by atoms with E-state index in [0.717, 1.165) is 41.4 Å². The van der Waals surface area contributed by atoms with Crippen LogP contribution in [0.25, 0.3) is 22.2 Å². The standard InChI is InChI=1S/C26H26N4O2/c1-18-11-13-20(14-12-18)26-28-24(29-32-26)17-30-15-5-8-21(16-30)25(31)27-23-10-4-7-19-6-2-3-9-22(19)23/h2-4,6-7,9-14,21H,5,8,15-17H2,1H3,(H,27,31)/t21-/m1/s1. The summed E-state index contributed by atoms with van der Waals surface area (Å²) in [7, 11) is 0. The molecule has 6 nitrogen and oxygen atoms in total. The summed E-state index contributed by atoms with van der Waals surface area (Å²) in [6.45, 7) is 4.23. The highest BCUT2D eigenvalue weighted by Gasteiger charge is 2.27. The van der Waals surface area contributed by atoms with Gasteiger partial charge in [-0.1, -0.05) is 59.3 Å². The maximum absolute atomic E-state index is 13.0. The molecule has 32 heavy (non-hydrogen) atoms. The average Bonchev–Trinajstić information content (AvgIpc) is 3.28. The largest absolute Gasteiger partial charge is 0.334 e. The first-order valence-electron chi connectivity index (χ1n) is 11.1. The predicted molar refractivity (Wildman–Crippen MR) is 125 cm³/mol. The molecule has 1 amide bonds. The van der Waals surface area contributed by atoms with Crippen LogP contribution in [0.5, 0.6) is 0 Å². The van der Waals surface area contributed by atoms with Gasteiger partial charge in [0.1, 0.15) is 0 Å². The molecule has 0 saturated carbocycles. The van der Waals surface area contributed by atoms with Gasteiger partial charge in [-0.25, -0.2) is 0 Å². The van der Waals surface area contributed by atoms with Crippen LogP contribution in [0.1, 0.15) is 24.2 Å². The minimum Gasteiger partial charge on any atom is -0.334 e. The van der Waals surface area contributed by atoms with Crippen LogP contribution in [-0.4, -0.2) is 34.0 Å².